The third-order valence-corrected chi connectivity index (χ3v) is 1.70. The molecule has 0 heterocycles. The maximum atomic E-state index is 9.84. The molecule has 0 aromatic heterocycles. The lowest BCUT2D eigenvalue weighted by atomic mass is 11.0. The normalized spacial score (nSPS) is 9.27. The summed E-state index contributed by atoms with van der Waals surface area (Å²) in [4.78, 5) is 16.0. The summed E-state index contributed by atoms with van der Waals surface area (Å²) in [6.07, 6.45) is 0.750. The number of nitriles is 1. The minimum absolute atomic E-state index is 0.533. The van der Waals surface area contributed by atoms with E-state index in [1.807, 2.05) is 0 Å². The largest absolute Gasteiger partial charge is 0.480 e. The summed E-state index contributed by atoms with van der Waals surface area (Å²) in [5, 5.41) is 13.8. The molecule has 0 fully saturated rings. The molecule has 11 heavy (non-hydrogen) atoms. The monoisotopic (exact) mass is 201 g/mol. The Morgan fingerprint density at radius 1 is 1.73 bits per heavy atom. The first-order valence-electron chi connectivity index (χ1n) is 2.37. The van der Waals surface area contributed by atoms with Crippen molar-refractivity contribution in [3.05, 3.63) is 0 Å². The molecule has 0 saturated carbocycles. The predicted octanol–water partition coefficient (Wildman–Crippen LogP) is 0.604. The van der Waals surface area contributed by atoms with E-state index in [9.17, 15) is 4.57 Å². The molecule has 66 valence electrons. The van der Waals surface area contributed by atoms with Crippen molar-refractivity contribution in [3.63, 3.8) is 0 Å². The summed E-state index contributed by atoms with van der Waals surface area (Å²) in [7, 11) is -4.22. The molecular formula is C3H8NO5PS. The van der Waals surface area contributed by atoms with E-state index in [2.05, 4.69) is 3.97 Å². The second kappa shape index (κ2) is 7.85. The predicted molar refractivity (Wildman–Crippen MR) is 38.8 cm³/mol. The molecule has 0 rings (SSSR count). The van der Waals surface area contributed by atoms with Crippen molar-refractivity contribution in [2.24, 2.45) is 0 Å². The van der Waals surface area contributed by atoms with Gasteiger partial charge < -0.3 is 14.9 Å². The molecular weight excluding hydrogens is 193 g/mol. The molecule has 0 radical (unpaired) electrons. The fourth-order valence-corrected chi connectivity index (χ4v) is 1.09. The molecule has 8 heteroatoms. The van der Waals surface area contributed by atoms with Gasteiger partial charge in [0.2, 0.25) is 0 Å². The Morgan fingerprint density at radius 3 is 2.18 bits per heavy atom. The Balaban J connectivity index is 0. The molecule has 0 aromatic rings. The van der Waals surface area contributed by atoms with Crippen molar-refractivity contribution in [1.29, 1.82) is 5.26 Å². The minimum Gasteiger partial charge on any atom is -0.443 e. The number of aliphatic hydroxyl groups is 1. The fraction of sp³-hybridized carbons (Fsp3) is 0.667. The summed E-state index contributed by atoms with van der Waals surface area (Å²) in [6, 6.07) is 0. The average Bonchev–Trinajstić information content (AvgIpc) is 1.84. The molecule has 0 bridgehead atoms. The summed E-state index contributed by atoms with van der Waals surface area (Å²) >= 11 is 0.752. The molecule has 0 aromatic carbocycles. The molecule has 3 N–H and O–H groups in total. The van der Waals surface area contributed by atoms with Gasteiger partial charge in [-0.2, -0.15) is 5.26 Å². The Labute approximate surface area is 68.2 Å². The van der Waals surface area contributed by atoms with Crippen LogP contribution in [0.15, 0.2) is 0 Å². The summed E-state index contributed by atoms with van der Waals surface area (Å²) in [6.45, 7) is 1.74. The van der Waals surface area contributed by atoms with Crippen LogP contribution >= 0.6 is 19.9 Å². The lowest BCUT2D eigenvalue weighted by molar-refractivity contribution is 0.298. The van der Waals surface area contributed by atoms with Gasteiger partial charge in [0.1, 0.15) is 0 Å². The zero-order valence-corrected chi connectivity index (χ0v) is 7.38. The highest BCUT2D eigenvalue weighted by molar-refractivity contribution is 7.97. The van der Waals surface area contributed by atoms with Gasteiger partial charge in [0.25, 0.3) is 6.26 Å². The lowest BCUT2D eigenvalue weighted by Crippen LogP contribution is -1.77. The maximum absolute atomic E-state index is 9.84. The number of rotatable bonds is 3. The standard InChI is InChI=1S/C2H7O4PS.CHNO/c1-2-8-6-7(3,4)5;2-1-3/h2H2,1H3,(H2,3,4,5);3H. The molecule has 0 amide bonds. The molecule has 0 unspecified atom stereocenters. The summed E-state index contributed by atoms with van der Waals surface area (Å²) in [5.74, 6) is 0.533. The van der Waals surface area contributed by atoms with E-state index >= 15 is 0 Å². The van der Waals surface area contributed by atoms with E-state index in [-0.39, 0.29) is 0 Å². The average molecular weight is 201 g/mol. The number of phosphoric acid groups is 1. The van der Waals surface area contributed by atoms with Crippen LogP contribution in [-0.4, -0.2) is 20.6 Å². The van der Waals surface area contributed by atoms with Crippen molar-refractivity contribution in [3.8, 4) is 6.26 Å². The number of aliphatic hydroxyl groups excluding tert-OH is 1. The third kappa shape index (κ3) is 26.0. The van der Waals surface area contributed by atoms with Gasteiger partial charge in [0, 0.05) is 17.8 Å². The first-order chi connectivity index (χ1) is 4.97. The van der Waals surface area contributed by atoms with Gasteiger partial charge in [-0.15, -0.1) is 0 Å². The maximum Gasteiger partial charge on any atom is 0.480 e. The van der Waals surface area contributed by atoms with E-state index < -0.39 is 7.82 Å². The van der Waals surface area contributed by atoms with Crippen molar-refractivity contribution in [2.45, 2.75) is 6.92 Å². The molecule has 0 aliphatic heterocycles. The van der Waals surface area contributed by atoms with E-state index in [0.717, 1.165) is 18.3 Å². The topological polar surface area (TPSA) is 111 Å². The van der Waals surface area contributed by atoms with E-state index in [0.29, 0.717) is 5.75 Å². The van der Waals surface area contributed by atoms with Crippen LogP contribution < -0.4 is 0 Å². The van der Waals surface area contributed by atoms with Crippen LogP contribution in [0.1, 0.15) is 6.92 Å². The van der Waals surface area contributed by atoms with Crippen LogP contribution in [0.4, 0.5) is 0 Å². The van der Waals surface area contributed by atoms with Gasteiger partial charge in [-0.1, -0.05) is 6.92 Å². The van der Waals surface area contributed by atoms with Gasteiger partial charge >= 0.3 is 7.82 Å². The highest BCUT2D eigenvalue weighted by atomic mass is 32.2. The number of nitrogens with zero attached hydrogens (tertiary/aromatic N) is 1. The molecule has 0 spiro atoms. The molecule has 0 saturated heterocycles. The Bertz CT molecular complexity index is 162. The molecule has 0 atom stereocenters. The van der Waals surface area contributed by atoms with E-state index in [1.165, 1.54) is 0 Å². The first kappa shape index (κ1) is 13.3. The fourth-order valence-electron chi connectivity index (χ4n) is 0.121. The molecule has 0 aliphatic rings. The lowest BCUT2D eigenvalue weighted by Gasteiger charge is -1.98. The second-order valence-electron chi connectivity index (χ2n) is 1.07. The SMILES string of the molecule is CCSOP(=O)(O)O.N#CO. The van der Waals surface area contributed by atoms with Gasteiger partial charge in [0.15, 0.2) is 0 Å². The van der Waals surface area contributed by atoms with Crippen LogP contribution in [0.5, 0.6) is 0 Å². The quantitative estimate of drug-likeness (QED) is 0.348. The molecule has 0 aliphatic carbocycles. The first-order valence-corrected chi connectivity index (χ1v) is 4.82. The van der Waals surface area contributed by atoms with Crippen LogP contribution in [0, 0.1) is 11.5 Å². The van der Waals surface area contributed by atoms with Crippen molar-refractivity contribution >= 4 is 19.9 Å². The Hall–Kier alpha value is -0.250. The van der Waals surface area contributed by atoms with Gasteiger partial charge in [-0.3, -0.25) is 0 Å². The van der Waals surface area contributed by atoms with E-state index in [1.54, 1.807) is 6.92 Å². The smallest absolute Gasteiger partial charge is 0.443 e. The number of hydrogen-bond donors (Lipinski definition) is 3. The third-order valence-electron chi connectivity index (χ3n) is 0.268. The second-order valence-corrected chi connectivity index (χ2v) is 3.46. The highest BCUT2D eigenvalue weighted by Crippen LogP contribution is 2.40. The van der Waals surface area contributed by atoms with Crippen LogP contribution in [0.25, 0.3) is 0 Å². The number of hydrogen-bond acceptors (Lipinski definition) is 5. The Kier molecular flexibility index (Phi) is 9.53. The van der Waals surface area contributed by atoms with Crippen LogP contribution in [0.3, 0.4) is 0 Å². The van der Waals surface area contributed by atoms with Gasteiger partial charge in [0.05, 0.1) is 0 Å². The van der Waals surface area contributed by atoms with Gasteiger partial charge in [-0.05, 0) is 0 Å². The summed E-state index contributed by atoms with van der Waals surface area (Å²) < 4.78 is 13.8. The van der Waals surface area contributed by atoms with Crippen molar-refractivity contribution < 1.29 is 23.4 Å². The van der Waals surface area contributed by atoms with E-state index in [4.69, 9.17) is 20.2 Å². The Morgan fingerprint density at radius 2 is 2.09 bits per heavy atom. The molecule has 6 nitrogen and oxygen atoms in total. The van der Waals surface area contributed by atoms with Gasteiger partial charge in [-0.25, -0.2) is 8.54 Å². The summed E-state index contributed by atoms with van der Waals surface area (Å²) in [5.41, 5.74) is 0. The van der Waals surface area contributed by atoms with Crippen LogP contribution in [0.2, 0.25) is 0 Å². The minimum atomic E-state index is -4.22. The zero-order valence-electron chi connectivity index (χ0n) is 5.67. The van der Waals surface area contributed by atoms with Crippen LogP contribution in [-0.2, 0) is 8.54 Å². The zero-order chi connectivity index (χ0) is 9.33. The van der Waals surface area contributed by atoms with Crippen molar-refractivity contribution in [2.75, 3.05) is 5.75 Å². The van der Waals surface area contributed by atoms with Crippen molar-refractivity contribution in [1.82, 2.24) is 0 Å². The highest BCUT2D eigenvalue weighted by Gasteiger charge is 2.12.